The summed E-state index contributed by atoms with van der Waals surface area (Å²) >= 11 is 0. The molecule has 6 heteroatoms. The Bertz CT molecular complexity index is 1180. The lowest BCUT2D eigenvalue weighted by molar-refractivity contribution is -0.683. The molecule has 1 N–H and O–H groups in total. The smallest absolute Gasteiger partial charge is 0.379 e. The Hall–Kier alpha value is -3.25. The Balaban J connectivity index is 0.00000225. The third-order valence-electron chi connectivity index (χ3n) is 4.39. The first-order chi connectivity index (χ1) is 13.1. The van der Waals surface area contributed by atoms with E-state index in [0.717, 1.165) is 0 Å². The number of aromatic hydroxyl groups is 1. The van der Waals surface area contributed by atoms with Gasteiger partial charge in [0.05, 0.1) is 0 Å². The highest BCUT2D eigenvalue weighted by Crippen LogP contribution is 2.33. The molecule has 0 amide bonds. The zero-order chi connectivity index (χ0) is 18.8. The number of carbonyl (C=O) groups is 1. The third kappa shape index (κ3) is 3.73. The van der Waals surface area contributed by atoms with Gasteiger partial charge in [-0.05, 0) is 11.6 Å². The van der Waals surface area contributed by atoms with Crippen LogP contribution in [0, 0.1) is 0 Å². The van der Waals surface area contributed by atoms with E-state index in [4.69, 9.17) is 4.42 Å². The lowest BCUT2D eigenvalue weighted by atomic mass is 9.99. The highest BCUT2D eigenvalue weighted by molar-refractivity contribution is 5.98. The fourth-order valence-corrected chi connectivity index (χ4v) is 3.05. The molecule has 0 saturated carbocycles. The van der Waals surface area contributed by atoms with Gasteiger partial charge in [0.15, 0.2) is 12.4 Å². The SMILES string of the molecule is O=C(C[n+]1ccccc1)c1ccc(-c2c(O)c(=O)oc3ccccc23)cc1.[Br-]. The van der Waals surface area contributed by atoms with E-state index in [-0.39, 0.29) is 29.3 Å². The van der Waals surface area contributed by atoms with E-state index < -0.39 is 11.4 Å². The van der Waals surface area contributed by atoms with Crippen LogP contribution in [0.5, 0.6) is 5.75 Å². The van der Waals surface area contributed by atoms with Gasteiger partial charge in [0.1, 0.15) is 5.58 Å². The van der Waals surface area contributed by atoms with Crippen molar-refractivity contribution in [3.63, 3.8) is 0 Å². The van der Waals surface area contributed by atoms with Gasteiger partial charge in [-0.2, -0.15) is 4.57 Å². The Kier molecular flexibility index (Phi) is 5.70. The summed E-state index contributed by atoms with van der Waals surface area (Å²) in [6.07, 6.45) is 3.67. The van der Waals surface area contributed by atoms with Crippen molar-refractivity contribution in [2.75, 3.05) is 0 Å². The van der Waals surface area contributed by atoms with Crippen molar-refractivity contribution in [2.24, 2.45) is 0 Å². The Morgan fingerprint density at radius 3 is 2.32 bits per heavy atom. The maximum Gasteiger partial charge on any atom is 0.379 e. The minimum atomic E-state index is -0.788. The number of hydrogen-bond donors (Lipinski definition) is 1. The quantitative estimate of drug-likeness (QED) is 0.284. The average molecular weight is 438 g/mol. The van der Waals surface area contributed by atoms with Crippen molar-refractivity contribution >= 4 is 16.8 Å². The van der Waals surface area contributed by atoms with Crippen LogP contribution in [0.4, 0.5) is 0 Å². The topological polar surface area (TPSA) is 71.4 Å². The molecule has 0 aliphatic heterocycles. The summed E-state index contributed by atoms with van der Waals surface area (Å²) in [7, 11) is 0. The Morgan fingerprint density at radius 1 is 0.929 bits per heavy atom. The van der Waals surface area contributed by atoms with Gasteiger partial charge < -0.3 is 26.5 Å². The number of nitrogens with zero attached hydrogens (tertiary/aromatic N) is 1. The molecule has 140 valence electrons. The van der Waals surface area contributed by atoms with Gasteiger partial charge in [-0.1, -0.05) is 48.5 Å². The number of hydrogen-bond acceptors (Lipinski definition) is 4. The van der Waals surface area contributed by atoms with Crippen LogP contribution in [0.25, 0.3) is 22.1 Å². The third-order valence-corrected chi connectivity index (χ3v) is 4.39. The van der Waals surface area contributed by atoms with Crippen molar-refractivity contribution in [3.05, 3.63) is 95.1 Å². The van der Waals surface area contributed by atoms with Crippen LogP contribution in [0.1, 0.15) is 10.4 Å². The first-order valence-corrected chi connectivity index (χ1v) is 8.46. The average Bonchev–Trinajstić information content (AvgIpc) is 2.70. The van der Waals surface area contributed by atoms with E-state index in [2.05, 4.69) is 0 Å². The first kappa shape index (κ1) is 19.5. The molecule has 0 radical (unpaired) electrons. The molecular weight excluding hydrogens is 422 g/mol. The van der Waals surface area contributed by atoms with E-state index in [9.17, 15) is 14.7 Å². The van der Waals surface area contributed by atoms with Gasteiger partial charge in [0.25, 0.3) is 0 Å². The predicted molar refractivity (Wildman–Crippen MR) is 101 cm³/mol. The van der Waals surface area contributed by atoms with Crippen molar-refractivity contribution in [1.29, 1.82) is 0 Å². The lowest BCUT2D eigenvalue weighted by Crippen LogP contribution is -3.00. The van der Waals surface area contributed by atoms with Crippen molar-refractivity contribution in [1.82, 2.24) is 0 Å². The number of fused-ring (bicyclic) bond motifs is 1. The molecule has 0 aliphatic carbocycles. The van der Waals surface area contributed by atoms with Crippen molar-refractivity contribution in [2.45, 2.75) is 6.54 Å². The lowest BCUT2D eigenvalue weighted by Gasteiger charge is -2.08. The van der Waals surface area contributed by atoms with Crippen LogP contribution in [-0.2, 0) is 6.54 Å². The zero-order valence-electron chi connectivity index (χ0n) is 14.7. The maximum atomic E-state index is 12.5. The number of rotatable bonds is 4. The molecule has 2 heterocycles. The van der Waals surface area contributed by atoms with E-state index in [1.807, 2.05) is 30.6 Å². The van der Waals surface area contributed by atoms with E-state index in [1.165, 1.54) is 0 Å². The van der Waals surface area contributed by atoms with E-state index >= 15 is 0 Å². The summed E-state index contributed by atoms with van der Waals surface area (Å²) in [6.45, 7) is 0.239. The van der Waals surface area contributed by atoms with Gasteiger partial charge in [0, 0.05) is 28.6 Å². The summed E-state index contributed by atoms with van der Waals surface area (Å²) in [4.78, 5) is 24.4. The molecule has 4 aromatic rings. The monoisotopic (exact) mass is 437 g/mol. The normalized spacial score (nSPS) is 10.4. The Morgan fingerprint density at radius 2 is 1.61 bits per heavy atom. The fourth-order valence-electron chi connectivity index (χ4n) is 3.05. The molecule has 5 nitrogen and oxygen atoms in total. The number of pyridine rings is 1. The van der Waals surface area contributed by atoms with Crippen LogP contribution in [-0.4, -0.2) is 10.9 Å². The molecule has 0 bridgehead atoms. The second-order valence-electron chi connectivity index (χ2n) is 6.16. The van der Waals surface area contributed by atoms with Crippen LogP contribution in [0.2, 0.25) is 0 Å². The molecular formula is C22H16BrNO4. The first-order valence-electron chi connectivity index (χ1n) is 8.46. The highest BCUT2D eigenvalue weighted by atomic mass is 79.9. The van der Waals surface area contributed by atoms with Crippen LogP contribution in [0.3, 0.4) is 0 Å². The zero-order valence-corrected chi connectivity index (χ0v) is 16.3. The van der Waals surface area contributed by atoms with Gasteiger partial charge in [0.2, 0.25) is 18.1 Å². The number of halogens is 1. The molecule has 28 heavy (non-hydrogen) atoms. The molecule has 2 aromatic heterocycles. The van der Waals surface area contributed by atoms with Crippen LogP contribution < -0.4 is 27.2 Å². The number of Topliss-reactive ketones (excluding diaryl/α,β-unsaturated/α-hetero) is 1. The molecule has 4 rings (SSSR count). The molecule has 0 fully saturated rings. The standard InChI is InChI=1S/C22H15NO4.BrH/c24-18(14-23-12-4-1-5-13-23)15-8-10-16(11-9-15)20-17-6-2-3-7-19(17)27-22(26)21(20)25;/h1-13H,14H2;1H. The highest BCUT2D eigenvalue weighted by Gasteiger charge is 2.17. The largest absolute Gasteiger partial charge is 1.00 e. The summed E-state index contributed by atoms with van der Waals surface area (Å²) < 4.78 is 6.92. The minimum Gasteiger partial charge on any atom is -1.00 e. The summed E-state index contributed by atoms with van der Waals surface area (Å²) in [5, 5.41) is 10.9. The summed E-state index contributed by atoms with van der Waals surface area (Å²) in [5.74, 6) is -0.466. The number of aromatic nitrogens is 1. The maximum absolute atomic E-state index is 12.5. The molecule has 0 aliphatic rings. The number of carbonyl (C=O) groups excluding carboxylic acids is 1. The van der Waals surface area contributed by atoms with Gasteiger partial charge in [-0.15, -0.1) is 0 Å². The number of para-hydroxylation sites is 1. The molecule has 0 spiro atoms. The molecule has 0 atom stereocenters. The molecule has 0 unspecified atom stereocenters. The number of ketones is 1. The molecule has 0 saturated heterocycles. The van der Waals surface area contributed by atoms with E-state index in [1.54, 1.807) is 53.1 Å². The second kappa shape index (κ2) is 8.19. The van der Waals surface area contributed by atoms with E-state index in [0.29, 0.717) is 27.7 Å². The Labute approximate surface area is 171 Å². The van der Waals surface area contributed by atoms with Gasteiger partial charge in [-0.3, -0.25) is 4.79 Å². The molecule has 2 aromatic carbocycles. The van der Waals surface area contributed by atoms with Gasteiger partial charge in [-0.25, -0.2) is 4.79 Å². The van der Waals surface area contributed by atoms with Crippen molar-refractivity contribution < 1.29 is 35.9 Å². The summed E-state index contributed by atoms with van der Waals surface area (Å²) in [6, 6.07) is 19.5. The van der Waals surface area contributed by atoms with Crippen LogP contribution in [0.15, 0.2) is 88.3 Å². The predicted octanol–water partition coefficient (Wildman–Crippen LogP) is 0.340. The number of benzene rings is 2. The van der Waals surface area contributed by atoms with Crippen molar-refractivity contribution in [3.8, 4) is 16.9 Å². The fraction of sp³-hybridized carbons (Fsp3) is 0.0455. The van der Waals surface area contributed by atoms with Gasteiger partial charge >= 0.3 is 5.63 Å². The van der Waals surface area contributed by atoms with Crippen LogP contribution >= 0.6 is 0 Å². The minimum absolute atomic E-state index is 0. The summed E-state index contributed by atoms with van der Waals surface area (Å²) in [5.41, 5.74) is 1.21. The second-order valence-corrected chi connectivity index (χ2v) is 6.16.